The van der Waals surface area contributed by atoms with Crippen LogP contribution in [0.25, 0.3) is 0 Å². The minimum absolute atomic E-state index is 0.0211. The SMILES string of the molecule is CCOc1cc(/C=N\NC(=O)CNc2ccccc2OC)ccc1OCc1c(F)cccc1Cl. The number of hydrazone groups is 1. The van der Waals surface area contributed by atoms with E-state index in [4.69, 9.17) is 25.8 Å². The molecule has 1 amide bonds. The molecule has 178 valence electrons. The highest BCUT2D eigenvalue weighted by atomic mass is 35.5. The summed E-state index contributed by atoms with van der Waals surface area (Å²) in [5.41, 5.74) is 4.11. The molecule has 7 nitrogen and oxygen atoms in total. The molecule has 0 atom stereocenters. The summed E-state index contributed by atoms with van der Waals surface area (Å²) in [6.45, 7) is 2.22. The summed E-state index contributed by atoms with van der Waals surface area (Å²) in [7, 11) is 1.56. The summed E-state index contributed by atoms with van der Waals surface area (Å²) in [6.07, 6.45) is 1.49. The van der Waals surface area contributed by atoms with Crippen LogP contribution in [-0.4, -0.2) is 32.4 Å². The molecular weight excluding hydrogens is 461 g/mol. The molecule has 0 aromatic heterocycles. The molecule has 3 aromatic carbocycles. The number of benzene rings is 3. The third-order valence-electron chi connectivity index (χ3n) is 4.65. The number of halogens is 2. The van der Waals surface area contributed by atoms with E-state index in [0.29, 0.717) is 35.1 Å². The first-order chi connectivity index (χ1) is 16.5. The first kappa shape index (κ1) is 24.9. The molecule has 0 heterocycles. The minimum Gasteiger partial charge on any atom is -0.495 e. The zero-order valence-corrected chi connectivity index (χ0v) is 19.6. The number of carbonyl (C=O) groups excluding carboxylic acids is 1. The Morgan fingerprint density at radius 3 is 2.65 bits per heavy atom. The number of hydrogen-bond donors (Lipinski definition) is 2. The summed E-state index contributed by atoms with van der Waals surface area (Å²) in [4.78, 5) is 12.1. The maximum atomic E-state index is 14.0. The highest BCUT2D eigenvalue weighted by molar-refractivity contribution is 6.31. The van der Waals surface area contributed by atoms with Crippen LogP contribution in [0.2, 0.25) is 5.02 Å². The second kappa shape index (κ2) is 12.5. The number of amides is 1. The van der Waals surface area contributed by atoms with Crippen LogP contribution in [0.4, 0.5) is 10.1 Å². The predicted octanol–water partition coefficient (Wildman–Crippen LogP) is 5.03. The monoisotopic (exact) mass is 485 g/mol. The fourth-order valence-corrected chi connectivity index (χ4v) is 3.21. The number of nitrogens with one attached hydrogen (secondary N) is 2. The van der Waals surface area contributed by atoms with E-state index < -0.39 is 5.82 Å². The lowest BCUT2D eigenvalue weighted by molar-refractivity contribution is -0.119. The average molecular weight is 486 g/mol. The predicted molar refractivity (Wildman–Crippen MR) is 131 cm³/mol. The van der Waals surface area contributed by atoms with Crippen molar-refractivity contribution < 1.29 is 23.4 Å². The van der Waals surface area contributed by atoms with Crippen molar-refractivity contribution in [2.45, 2.75) is 13.5 Å². The molecular formula is C25H25ClFN3O4. The Morgan fingerprint density at radius 2 is 1.88 bits per heavy atom. The molecule has 0 saturated heterocycles. The highest BCUT2D eigenvalue weighted by Gasteiger charge is 2.11. The molecule has 0 unspecified atom stereocenters. The largest absolute Gasteiger partial charge is 0.495 e. The number of ether oxygens (including phenoxy) is 3. The van der Waals surface area contributed by atoms with E-state index in [9.17, 15) is 9.18 Å². The van der Waals surface area contributed by atoms with Gasteiger partial charge in [0.15, 0.2) is 11.5 Å². The number of para-hydroxylation sites is 2. The zero-order chi connectivity index (χ0) is 24.3. The molecule has 34 heavy (non-hydrogen) atoms. The first-order valence-electron chi connectivity index (χ1n) is 10.5. The maximum Gasteiger partial charge on any atom is 0.259 e. The normalized spacial score (nSPS) is 10.7. The number of rotatable bonds is 11. The molecule has 3 rings (SSSR count). The van der Waals surface area contributed by atoms with Gasteiger partial charge in [-0.05, 0) is 55.0 Å². The molecule has 0 aliphatic carbocycles. The van der Waals surface area contributed by atoms with E-state index in [0.717, 1.165) is 0 Å². The molecule has 0 bridgehead atoms. The number of carbonyl (C=O) groups is 1. The van der Waals surface area contributed by atoms with Crippen LogP contribution in [0, 0.1) is 5.82 Å². The quantitative estimate of drug-likeness (QED) is 0.294. The summed E-state index contributed by atoms with van der Waals surface area (Å²) < 4.78 is 30.6. The van der Waals surface area contributed by atoms with E-state index >= 15 is 0 Å². The van der Waals surface area contributed by atoms with Gasteiger partial charge < -0.3 is 19.5 Å². The van der Waals surface area contributed by atoms with Gasteiger partial charge in [-0.1, -0.05) is 29.8 Å². The van der Waals surface area contributed by atoms with Crippen LogP contribution in [0.5, 0.6) is 17.2 Å². The Morgan fingerprint density at radius 1 is 1.06 bits per heavy atom. The summed E-state index contributed by atoms with van der Waals surface area (Å²) >= 11 is 6.06. The lowest BCUT2D eigenvalue weighted by Crippen LogP contribution is -2.26. The van der Waals surface area contributed by atoms with Gasteiger partial charge in [-0.15, -0.1) is 0 Å². The third kappa shape index (κ3) is 6.86. The fourth-order valence-electron chi connectivity index (χ4n) is 3.00. The maximum absolute atomic E-state index is 14.0. The standard InChI is InChI=1S/C25H25ClFN3O4/c1-3-33-24-13-17(11-12-23(24)34-16-18-19(26)7-6-8-20(18)27)14-29-30-25(31)15-28-21-9-4-5-10-22(21)32-2/h4-14,28H,3,15-16H2,1-2H3,(H,30,31)/b29-14-. The molecule has 3 aromatic rings. The van der Waals surface area contributed by atoms with Gasteiger partial charge in [0, 0.05) is 5.56 Å². The summed E-state index contributed by atoms with van der Waals surface area (Å²) in [6, 6.07) is 16.9. The van der Waals surface area contributed by atoms with Gasteiger partial charge in [0.25, 0.3) is 5.91 Å². The number of anilines is 1. The molecule has 0 aliphatic heterocycles. The molecule has 0 aliphatic rings. The Balaban J connectivity index is 1.59. The van der Waals surface area contributed by atoms with Gasteiger partial charge >= 0.3 is 0 Å². The molecule has 0 spiro atoms. The second-order valence-corrected chi connectivity index (χ2v) is 7.38. The van der Waals surface area contributed by atoms with E-state index in [1.807, 2.05) is 25.1 Å². The molecule has 0 radical (unpaired) electrons. The Bertz CT molecular complexity index is 1140. The average Bonchev–Trinajstić information content (AvgIpc) is 2.84. The third-order valence-corrected chi connectivity index (χ3v) is 5.00. The molecule has 2 N–H and O–H groups in total. The number of hydrogen-bond acceptors (Lipinski definition) is 6. The first-order valence-corrected chi connectivity index (χ1v) is 10.9. The van der Waals surface area contributed by atoms with Gasteiger partial charge in [-0.2, -0.15) is 5.10 Å². The lowest BCUT2D eigenvalue weighted by atomic mass is 10.2. The zero-order valence-electron chi connectivity index (χ0n) is 18.8. The van der Waals surface area contributed by atoms with Crippen molar-refractivity contribution in [3.05, 3.63) is 82.6 Å². The van der Waals surface area contributed by atoms with Crippen LogP contribution in [0.3, 0.4) is 0 Å². The van der Waals surface area contributed by atoms with Gasteiger partial charge in [0.2, 0.25) is 0 Å². The molecule has 9 heteroatoms. The van der Waals surface area contributed by atoms with Gasteiger partial charge in [-0.25, -0.2) is 9.82 Å². The topological polar surface area (TPSA) is 81.2 Å². The summed E-state index contributed by atoms with van der Waals surface area (Å²) in [5, 5.41) is 7.27. The Kier molecular flexibility index (Phi) is 9.11. The number of nitrogens with zero attached hydrogens (tertiary/aromatic N) is 1. The minimum atomic E-state index is -0.440. The van der Waals surface area contributed by atoms with E-state index in [2.05, 4.69) is 15.8 Å². The Labute approximate surface area is 202 Å². The van der Waals surface area contributed by atoms with Crippen LogP contribution in [0.15, 0.2) is 65.8 Å². The second-order valence-electron chi connectivity index (χ2n) is 6.98. The molecule has 0 saturated carbocycles. The van der Waals surface area contributed by atoms with Crippen LogP contribution in [-0.2, 0) is 11.4 Å². The highest BCUT2D eigenvalue weighted by Crippen LogP contribution is 2.30. The van der Waals surface area contributed by atoms with E-state index in [-0.39, 0.29) is 29.6 Å². The van der Waals surface area contributed by atoms with Crippen LogP contribution in [0.1, 0.15) is 18.1 Å². The lowest BCUT2D eigenvalue weighted by Gasteiger charge is -2.13. The fraction of sp³-hybridized carbons (Fsp3) is 0.200. The van der Waals surface area contributed by atoms with Crippen molar-refractivity contribution >= 4 is 29.4 Å². The van der Waals surface area contributed by atoms with Crippen molar-refractivity contribution in [3.8, 4) is 17.2 Å². The van der Waals surface area contributed by atoms with Gasteiger partial charge in [-0.3, -0.25) is 4.79 Å². The van der Waals surface area contributed by atoms with Crippen LogP contribution >= 0.6 is 11.6 Å². The summed E-state index contributed by atoms with van der Waals surface area (Å²) in [5.74, 6) is 0.771. The Hall–Kier alpha value is -3.78. The van der Waals surface area contributed by atoms with E-state index in [1.165, 1.54) is 18.3 Å². The van der Waals surface area contributed by atoms with Crippen molar-refractivity contribution in [2.75, 3.05) is 25.6 Å². The van der Waals surface area contributed by atoms with Crippen molar-refractivity contribution in [3.63, 3.8) is 0 Å². The van der Waals surface area contributed by atoms with Gasteiger partial charge in [0.1, 0.15) is 18.2 Å². The van der Waals surface area contributed by atoms with Crippen LogP contribution < -0.4 is 25.0 Å². The van der Waals surface area contributed by atoms with Crippen molar-refractivity contribution in [1.82, 2.24) is 5.43 Å². The van der Waals surface area contributed by atoms with E-state index in [1.54, 1.807) is 37.4 Å². The van der Waals surface area contributed by atoms with Gasteiger partial charge in [0.05, 0.1) is 37.2 Å². The van der Waals surface area contributed by atoms with Crippen molar-refractivity contribution in [2.24, 2.45) is 5.10 Å². The molecule has 0 fully saturated rings. The van der Waals surface area contributed by atoms with Crippen molar-refractivity contribution in [1.29, 1.82) is 0 Å². The smallest absolute Gasteiger partial charge is 0.259 e. The number of methoxy groups -OCH3 is 1.